The van der Waals surface area contributed by atoms with Crippen molar-refractivity contribution in [2.24, 2.45) is 5.10 Å². The van der Waals surface area contributed by atoms with E-state index in [1.54, 1.807) is 55.8 Å². The number of para-hydroxylation sites is 1. The molecule has 1 aromatic heterocycles. The Morgan fingerprint density at radius 3 is 2.50 bits per heavy atom. The minimum Gasteiger partial charge on any atom is -0.497 e. The Bertz CT molecular complexity index is 1640. The lowest BCUT2D eigenvalue weighted by Gasteiger charge is -2.13. The molecule has 0 radical (unpaired) electrons. The third-order valence-electron chi connectivity index (χ3n) is 5.62. The molecule has 0 spiro atoms. The van der Waals surface area contributed by atoms with Crippen LogP contribution in [0.1, 0.15) is 5.56 Å². The zero-order valence-corrected chi connectivity index (χ0v) is 20.2. The van der Waals surface area contributed by atoms with E-state index in [2.05, 4.69) is 15.5 Å². The van der Waals surface area contributed by atoms with Gasteiger partial charge in [-0.15, -0.1) is 0 Å². The summed E-state index contributed by atoms with van der Waals surface area (Å²) in [5.41, 5.74) is 4.48. The van der Waals surface area contributed by atoms with Gasteiger partial charge in [0, 0.05) is 5.56 Å². The summed E-state index contributed by atoms with van der Waals surface area (Å²) in [5, 5.41) is 7.20. The van der Waals surface area contributed by atoms with Gasteiger partial charge in [-0.2, -0.15) is 5.10 Å². The van der Waals surface area contributed by atoms with Crippen molar-refractivity contribution in [2.45, 2.75) is 5.16 Å². The second kappa shape index (κ2) is 10.5. The summed E-state index contributed by atoms with van der Waals surface area (Å²) in [6.45, 7) is 0. The van der Waals surface area contributed by atoms with Crippen molar-refractivity contribution >= 4 is 45.6 Å². The number of amides is 1. The maximum atomic E-state index is 13.3. The Morgan fingerprint density at radius 1 is 0.972 bits per heavy atom. The lowest BCUT2D eigenvalue weighted by atomic mass is 10.1. The molecule has 0 bridgehead atoms. The van der Waals surface area contributed by atoms with Gasteiger partial charge in [-0.3, -0.25) is 14.2 Å². The summed E-state index contributed by atoms with van der Waals surface area (Å²) in [6.07, 6.45) is 1.63. The number of carbonyl (C=O) groups excluding carboxylic acids is 1. The van der Waals surface area contributed by atoms with E-state index in [4.69, 9.17) is 4.74 Å². The average molecular weight is 495 g/mol. The second-order valence-electron chi connectivity index (χ2n) is 7.90. The van der Waals surface area contributed by atoms with Crippen LogP contribution in [0.25, 0.3) is 27.4 Å². The van der Waals surface area contributed by atoms with Gasteiger partial charge < -0.3 is 4.74 Å². The van der Waals surface area contributed by atoms with Crippen LogP contribution in [0.4, 0.5) is 0 Å². The molecule has 7 nitrogen and oxygen atoms in total. The first-order valence-electron chi connectivity index (χ1n) is 11.2. The van der Waals surface area contributed by atoms with Gasteiger partial charge in [-0.25, -0.2) is 10.4 Å². The molecule has 0 saturated carbocycles. The van der Waals surface area contributed by atoms with E-state index in [9.17, 15) is 9.59 Å². The Morgan fingerprint density at radius 2 is 1.69 bits per heavy atom. The number of fused-ring (bicyclic) bond motifs is 2. The van der Waals surface area contributed by atoms with Crippen LogP contribution >= 0.6 is 11.8 Å². The Kier molecular flexibility index (Phi) is 6.77. The molecule has 36 heavy (non-hydrogen) atoms. The maximum Gasteiger partial charge on any atom is 0.266 e. The first-order chi connectivity index (χ1) is 17.6. The predicted octanol–water partition coefficient (Wildman–Crippen LogP) is 4.79. The fourth-order valence-corrected chi connectivity index (χ4v) is 4.67. The third-order valence-corrected chi connectivity index (χ3v) is 6.56. The Hall–Kier alpha value is -4.43. The highest BCUT2D eigenvalue weighted by atomic mass is 32.2. The van der Waals surface area contributed by atoms with Crippen molar-refractivity contribution in [1.82, 2.24) is 15.0 Å². The van der Waals surface area contributed by atoms with E-state index in [1.807, 2.05) is 48.5 Å². The molecule has 1 N–H and O–H groups in total. The van der Waals surface area contributed by atoms with Crippen molar-refractivity contribution < 1.29 is 9.53 Å². The molecular formula is C28H22N4O3S. The second-order valence-corrected chi connectivity index (χ2v) is 8.84. The highest BCUT2D eigenvalue weighted by Crippen LogP contribution is 2.23. The van der Waals surface area contributed by atoms with Gasteiger partial charge in [0.25, 0.3) is 11.5 Å². The van der Waals surface area contributed by atoms with Crippen LogP contribution < -0.4 is 15.7 Å². The fourth-order valence-electron chi connectivity index (χ4n) is 3.87. The van der Waals surface area contributed by atoms with E-state index in [-0.39, 0.29) is 17.2 Å². The van der Waals surface area contributed by atoms with E-state index < -0.39 is 0 Å². The summed E-state index contributed by atoms with van der Waals surface area (Å²) in [6, 6.07) is 28.2. The van der Waals surface area contributed by atoms with Crippen LogP contribution in [0, 0.1) is 0 Å². The monoisotopic (exact) mass is 494 g/mol. The van der Waals surface area contributed by atoms with E-state index in [0.29, 0.717) is 27.5 Å². The molecule has 1 amide bonds. The molecule has 8 heteroatoms. The number of thioether (sulfide) groups is 1. The molecule has 178 valence electrons. The Balaban J connectivity index is 1.37. The van der Waals surface area contributed by atoms with E-state index >= 15 is 0 Å². The quantitative estimate of drug-likeness (QED) is 0.152. The van der Waals surface area contributed by atoms with Gasteiger partial charge in [0.2, 0.25) is 0 Å². The van der Waals surface area contributed by atoms with Gasteiger partial charge in [0.05, 0.1) is 35.7 Å². The lowest BCUT2D eigenvalue weighted by Crippen LogP contribution is -2.24. The molecular weight excluding hydrogens is 472 g/mol. The number of nitrogens with zero attached hydrogens (tertiary/aromatic N) is 3. The standard InChI is InChI=1S/C28H22N4O3S/c1-35-22-15-13-21(14-16-22)32-27(34)24-11-4-5-12-25(24)30-28(32)36-18-26(33)31-29-17-20-9-6-8-19-7-2-3-10-23(19)20/h2-17H,18H2,1H3,(H,31,33)/b29-17+. The van der Waals surface area contributed by atoms with Crippen molar-refractivity contribution in [3.63, 3.8) is 0 Å². The maximum absolute atomic E-state index is 13.3. The van der Waals surface area contributed by atoms with Crippen molar-refractivity contribution in [3.05, 3.63) is 107 Å². The number of hydrogen-bond donors (Lipinski definition) is 1. The number of ether oxygens (including phenoxy) is 1. The number of hydrogen-bond acceptors (Lipinski definition) is 6. The number of methoxy groups -OCH3 is 1. The molecule has 4 aromatic carbocycles. The highest BCUT2D eigenvalue weighted by Gasteiger charge is 2.15. The minimum absolute atomic E-state index is 0.0355. The lowest BCUT2D eigenvalue weighted by molar-refractivity contribution is -0.118. The molecule has 0 aliphatic rings. The average Bonchev–Trinajstić information content (AvgIpc) is 2.92. The molecule has 0 atom stereocenters. The molecule has 1 heterocycles. The number of nitrogens with one attached hydrogen (secondary N) is 1. The van der Waals surface area contributed by atoms with Gasteiger partial charge in [0.15, 0.2) is 5.16 Å². The molecule has 5 aromatic rings. The van der Waals surface area contributed by atoms with Crippen LogP contribution in [0.3, 0.4) is 0 Å². The van der Waals surface area contributed by atoms with Gasteiger partial charge in [-0.05, 0) is 47.2 Å². The fraction of sp³-hybridized carbons (Fsp3) is 0.0714. The number of benzene rings is 4. The molecule has 0 saturated heterocycles. The topological polar surface area (TPSA) is 85.6 Å². The zero-order valence-electron chi connectivity index (χ0n) is 19.4. The molecule has 5 rings (SSSR count). The largest absolute Gasteiger partial charge is 0.497 e. The number of aromatic nitrogens is 2. The van der Waals surface area contributed by atoms with Crippen molar-refractivity contribution in [2.75, 3.05) is 12.9 Å². The van der Waals surface area contributed by atoms with Gasteiger partial charge >= 0.3 is 0 Å². The normalized spacial score (nSPS) is 11.2. The smallest absolute Gasteiger partial charge is 0.266 e. The van der Waals surface area contributed by atoms with Crippen LogP contribution in [-0.4, -0.2) is 34.5 Å². The summed E-state index contributed by atoms with van der Waals surface area (Å²) in [5.74, 6) is 0.409. The number of hydrazone groups is 1. The van der Waals surface area contributed by atoms with Crippen LogP contribution in [0.2, 0.25) is 0 Å². The van der Waals surface area contributed by atoms with E-state index in [0.717, 1.165) is 16.3 Å². The zero-order chi connectivity index (χ0) is 24.9. The molecule has 0 aliphatic heterocycles. The first kappa shape index (κ1) is 23.3. The van der Waals surface area contributed by atoms with Crippen LogP contribution in [-0.2, 0) is 4.79 Å². The van der Waals surface area contributed by atoms with Crippen molar-refractivity contribution in [1.29, 1.82) is 0 Å². The molecule has 0 aliphatic carbocycles. The number of carbonyl (C=O) groups is 1. The van der Waals surface area contributed by atoms with Crippen LogP contribution in [0.5, 0.6) is 5.75 Å². The summed E-state index contributed by atoms with van der Waals surface area (Å²) < 4.78 is 6.75. The predicted molar refractivity (Wildman–Crippen MR) is 144 cm³/mol. The van der Waals surface area contributed by atoms with Crippen LogP contribution in [0.15, 0.2) is 106 Å². The van der Waals surface area contributed by atoms with Crippen molar-refractivity contribution in [3.8, 4) is 11.4 Å². The SMILES string of the molecule is COc1ccc(-n2c(SCC(=O)N/N=C/c3cccc4ccccc34)nc3ccccc3c2=O)cc1. The number of rotatable bonds is 7. The highest BCUT2D eigenvalue weighted by molar-refractivity contribution is 7.99. The first-order valence-corrected chi connectivity index (χ1v) is 12.2. The van der Waals surface area contributed by atoms with E-state index in [1.165, 1.54) is 16.3 Å². The molecule has 0 unspecified atom stereocenters. The summed E-state index contributed by atoms with van der Waals surface area (Å²) >= 11 is 1.17. The van der Waals surface area contributed by atoms with Gasteiger partial charge in [0.1, 0.15) is 5.75 Å². The summed E-state index contributed by atoms with van der Waals surface area (Å²) in [7, 11) is 1.58. The molecule has 0 fully saturated rings. The van der Waals surface area contributed by atoms with Gasteiger partial charge in [-0.1, -0.05) is 66.4 Å². The third kappa shape index (κ3) is 4.85. The summed E-state index contributed by atoms with van der Waals surface area (Å²) in [4.78, 5) is 30.6. The minimum atomic E-state index is -0.305. The Labute approximate surface area is 211 Å².